The molecular formula is C19H18ClN3O2S. The van der Waals surface area contributed by atoms with E-state index in [4.69, 9.17) is 16.3 Å². The summed E-state index contributed by atoms with van der Waals surface area (Å²) in [6, 6.07) is 14.2. The van der Waals surface area contributed by atoms with Crippen molar-refractivity contribution in [1.82, 2.24) is 10.3 Å². The maximum absolute atomic E-state index is 12.2. The van der Waals surface area contributed by atoms with Crippen molar-refractivity contribution in [1.29, 1.82) is 0 Å². The number of anilines is 1. The van der Waals surface area contributed by atoms with Crippen LogP contribution in [0.25, 0.3) is 0 Å². The van der Waals surface area contributed by atoms with E-state index in [-0.39, 0.29) is 12.1 Å². The average Bonchev–Trinajstić information content (AvgIpc) is 3.14. The van der Waals surface area contributed by atoms with Crippen molar-refractivity contribution in [2.75, 3.05) is 5.32 Å². The molecule has 7 heteroatoms. The van der Waals surface area contributed by atoms with Crippen LogP contribution in [0.4, 0.5) is 10.5 Å². The first kappa shape index (κ1) is 18.2. The number of ether oxygens (including phenoxy) is 1. The number of nitrogens with zero attached hydrogens (tertiary/aromatic N) is 1. The number of benzene rings is 2. The number of rotatable bonds is 6. The Bertz CT molecular complexity index is 853. The Kier molecular flexibility index (Phi) is 6.09. The monoisotopic (exact) mass is 387 g/mol. The molecule has 0 radical (unpaired) electrons. The predicted octanol–water partition coefficient (Wildman–Crippen LogP) is 5.26. The lowest BCUT2D eigenvalue weighted by atomic mass is 10.1. The molecule has 3 rings (SSSR count). The van der Waals surface area contributed by atoms with E-state index in [1.165, 1.54) is 11.3 Å². The van der Waals surface area contributed by atoms with Gasteiger partial charge in [0.1, 0.15) is 12.4 Å². The van der Waals surface area contributed by atoms with Crippen molar-refractivity contribution in [2.45, 2.75) is 19.6 Å². The molecule has 3 aromatic rings. The van der Waals surface area contributed by atoms with Crippen molar-refractivity contribution in [3.05, 3.63) is 75.7 Å². The van der Waals surface area contributed by atoms with Gasteiger partial charge in [0.15, 0.2) is 0 Å². The number of aromatic nitrogens is 1. The normalized spacial score (nSPS) is 11.6. The highest BCUT2D eigenvalue weighted by molar-refractivity contribution is 7.07. The zero-order valence-corrected chi connectivity index (χ0v) is 15.7. The Morgan fingerprint density at radius 3 is 2.81 bits per heavy atom. The number of thiazole rings is 1. The molecule has 1 heterocycles. The fourth-order valence-corrected chi connectivity index (χ4v) is 3.00. The summed E-state index contributed by atoms with van der Waals surface area (Å²) >= 11 is 7.41. The molecule has 2 amide bonds. The lowest BCUT2D eigenvalue weighted by Gasteiger charge is -2.15. The van der Waals surface area contributed by atoms with Gasteiger partial charge in [-0.1, -0.05) is 29.8 Å². The predicted molar refractivity (Wildman–Crippen MR) is 105 cm³/mol. The second-order valence-electron chi connectivity index (χ2n) is 5.67. The number of halogens is 1. The minimum atomic E-state index is -0.288. The van der Waals surface area contributed by atoms with Gasteiger partial charge in [-0.3, -0.25) is 0 Å². The first-order chi connectivity index (χ1) is 12.6. The van der Waals surface area contributed by atoms with Gasteiger partial charge in [-0.05, 0) is 36.8 Å². The van der Waals surface area contributed by atoms with E-state index < -0.39 is 0 Å². The maximum Gasteiger partial charge on any atom is 0.319 e. The number of amides is 2. The number of urea groups is 1. The third-order valence-electron chi connectivity index (χ3n) is 3.68. The van der Waals surface area contributed by atoms with E-state index in [0.29, 0.717) is 23.1 Å². The molecule has 0 spiro atoms. The van der Waals surface area contributed by atoms with Gasteiger partial charge in [0.05, 0.1) is 17.2 Å². The molecule has 26 heavy (non-hydrogen) atoms. The van der Waals surface area contributed by atoms with Gasteiger partial charge in [-0.25, -0.2) is 9.78 Å². The van der Waals surface area contributed by atoms with E-state index in [9.17, 15) is 4.79 Å². The zero-order chi connectivity index (χ0) is 18.4. The average molecular weight is 388 g/mol. The van der Waals surface area contributed by atoms with Crippen LogP contribution in [0.2, 0.25) is 5.02 Å². The molecule has 0 bridgehead atoms. The molecule has 5 nitrogen and oxygen atoms in total. The summed E-state index contributed by atoms with van der Waals surface area (Å²) in [4.78, 5) is 16.4. The van der Waals surface area contributed by atoms with Crippen LogP contribution >= 0.6 is 22.9 Å². The summed E-state index contributed by atoms with van der Waals surface area (Å²) in [5.74, 6) is 0.668. The number of hydrogen-bond acceptors (Lipinski definition) is 4. The molecule has 134 valence electrons. The number of hydrogen-bond donors (Lipinski definition) is 2. The largest absolute Gasteiger partial charge is 0.487 e. The van der Waals surface area contributed by atoms with Crippen molar-refractivity contribution >= 4 is 34.7 Å². The second kappa shape index (κ2) is 8.69. The first-order valence-corrected chi connectivity index (χ1v) is 9.35. The van der Waals surface area contributed by atoms with Crippen LogP contribution in [0.15, 0.2) is 59.4 Å². The fraction of sp³-hybridized carbons (Fsp3) is 0.158. The molecule has 0 aliphatic carbocycles. The summed E-state index contributed by atoms with van der Waals surface area (Å²) in [5.41, 5.74) is 4.28. The molecule has 0 aliphatic rings. The van der Waals surface area contributed by atoms with E-state index >= 15 is 0 Å². The summed E-state index contributed by atoms with van der Waals surface area (Å²) in [6.07, 6.45) is 0. The molecule has 0 saturated heterocycles. The Morgan fingerprint density at radius 2 is 2.08 bits per heavy atom. The molecule has 0 saturated carbocycles. The Labute approximate surface area is 161 Å². The van der Waals surface area contributed by atoms with Gasteiger partial charge in [-0.2, -0.15) is 0 Å². The van der Waals surface area contributed by atoms with Gasteiger partial charge in [0, 0.05) is 22.2 Å². The van der Waals surface area contributed by atoms with Crippen molar-refractivity contribution < 1.29 is 9.53 Å². The number of carbonyl (C=O) groups is 1. The highest BCUT2D eigenvalue weighted by Gasteiger charge is 2.10. The third kappa shape index (κ3) is 5.21. The van der Waals surface area contributed by atoms with Gasteiger partial charge in [0.2, 0.25) is 0 Å². The zero-order valence-electron chi connectivity index (χ0n) is 14.1. The minimum absolute atomic E-state index is 0.142. The summed E-state index contributed by atoms with van der Waals surface area (Å²) in [6.45, 7) is 2.31. The van der Waals surface area contributed by atoms with Crippen LogP contribution in [-0.2, 0) is 6.61 Å². The molecule has 1 atom stereocenters. The van der Waals surface area contributed by atoms with Crippen LogP contribution in [0.3, 0.4) is 0 Å². The van der Waals surface area contributed by atoms with Gasteiger partial charge in [0.25, 0.3) is 0 Å². The minimum Gasteiger partial charge on any atom is -0.487 e. The van der Waals surface area contributed by atoms with Crippen LogP contribution in [0, 0.1) is 0 Å². The number of nitrogens with one attached hydrogen (secondary N) is 2. The smallest absolute Gasteiger partial charge is 0.319 e. The van der Waals surface area contributed by atoms with Crippen LogP contribution in [0.5, 0.6) is 5.75 Å². The fourth-order valence-electron chi connectivity index (χ4n) is 2.33. The molecule has 0 aliphatic heterocycles. The summed E-state index contributed by atoms with van der Waals surface area (Å²) in [5, 5.41) is 8.32. The van der Waals surface area contributed by atoms with E-state index in [0.717, 1.165) is 11.3 Å². The van der Waals surface area contributed by atoms with Crippen molar-refractivity contribution in [3.8, 4) is 5.75 Å². The summed E-state index contributed by atoms with van der Waals surface area (Å²) in [7, 11) is 0. The Morgan fingerprint density at radius 1 is 1.27 bits per heavy atom. The summed E-state index contributed by atoms with van der Waals surface area (Å²) < 4.78 is 5.69. The molecule has 1 aromatic heterocycles. The van der Waals surface area contributed by atoms with E-state index in [1.807, 2.05) is 42.6 Å². The second-order valence-corrected chi connectivity index (χ2v) is 6.82. The van der Waals surface area contributed by atoms with Gasteiger partial charge in [-0.15, -0.1) is 11.3 Å². The lowest BCUT2D eigenvalue weighted by Crippen LogP contribution is -2.31. The Hall–Kier alpha value is -2.57. The van der Waals surface area contributed by atoms with E-state index in [1.54, 1.807) is 23.7 Å². The molecule has 2 N–H and O–H groups in total. The van der Waals surface area contributed by atoms with E-state index in [2.05, 4.69) is 15.6 Å². The van der Waals surface area contributed by atoms with Gasteiger partial charge >= 0.3 is 6.03 Å². The SMILES string of the molecule is CC(NC(=O)Nc1cccc(OCc2cscn2)c1)c1ccc(Cl)cc1. The maximum atomic E-state index is 12.2. The standard InChI is InChI=1S/C19H18ClN3O2S/c1-13(14-5-7-15(20)8-6-14)22-19(24)23-16-3-2-4-18(9-16)25-10-17-11-26-12-21-17/h2-9,11-13H,10H2,1H3,(H2,22,23,24). The molecule has 0 fully saturated rings. The highest BCUT2D eigenvalue weighted by Crippen LogP contribution is 2.20. The highest BCUT2D eigenvalue weighted by atomic mass is 35.5. The molecule has 2 aromatic carbocycles. The van der Waals surface area contributed by atoms with Crippen LogP contribution in [-0.4, -0.2) is 11.0 Å². The van der Waals surface area contributed by atoms with Gasteiger partial charge < -0.3 is 15.4 Å². The Balaban J connectivity index is 1.55. The van der Waals surface area contributed by atoms with Crippen molar-refractivity contribution in [2.24, 2.45) is 0 Å². The number of carbonyl (C=O) groups excluding carboxylic acids is 1. The quantitative estimate of drug-likeness (QED) is 0.606. The topological polar surface area (TPSA) is 63.2 Å². The van der Waals surface area contributed by atoms with Crippen LogP contribution < -0.4 is 15.4 Å². The van der Waals surface area contributed by atoms with Crippen LogP contribution in [0.1, 0.15) is 24.2 Å². The molecule has 1 unspecified atom stereocenters. The van der Waals surface area contributed by atoms with Crippen molar-refractivity contribution in [3.63, 3.8) is 0 Å². The third-order valence-corrected chi connectivity index (χ3v) is 4.57. The lowest BCUT2D eigenvalue weighted by molar-refractivity contribution is 0.249. The first-order valence-electron chi connectivity index (χ1n) is 8.03. The molecular weight excluding hydrogens is 370 g/mol.